The highest BCUT2D eigenvalue weighted by molar-refractivity contribution is 5.82. The van der Waals surface area contributed by atoms with E-state index in [4.69, 9.17) is 0 Å². The van der Waals surface area contributed by atoms with Crippen molar-refractivity contribution in [2.45, 2.75) is 26.8 Å². The molecule has 2 aromatic rings. The lowest BCUT2D eigenvalue weighted by atomic mass is 10.0. The van der Waals surface area contributed by atoms with Crippen molar-refractivity contribution in [2.24, 2.45) is 0 Å². The van der Waals surface area contributed by atoms with Gasteiger partial charge in [-0.2, -0.15) is 0 Å². The lowest BCUT2D eigenvalue weighted by Crippen LogP contribution is -2.19. The molecule has 0 bridgehead atoms. The molecule has 18 heavy (non-hydrogen) atoms. The lowest BCUT2D eigenvalue weighted by Gasteiger charge is -2.16. The fourth-order valence-electron chi connectivity index (χ4n) is 2.19. The molecule has 1 aromatic heterocycles. The van der Waals surface area contributed by atoms with E-state index in [9.17, 15) is 0 Å². The van der Waals surface area contributed by atoms with Crippen molar-refractivity contribution in [3.05, 3.63) is 53.7 Å². The van der Waals surface area contributed by atoms with Gasteiger partial charge in [-0.1, -0.05) is 42.8 Å². The molecule has 0 aliphatic carbocycles. The van der Waals surface area contributed by atoms with E-state index in [1.54, 1.807) is 0 Å². The van der Waals surface area contributed by atoms with Gasteiger partial charge in [0.1, 0.15) is 0 Å². The Bertz CT molecular complexity index is 549. The number of rotatable bonds is 4. The van der Waals surface area contributed by atoms with Gasteiger partial charge in [-0.05, 0) is 32.0 Å². The van der Waals surface area contributed by atoms with Gasteiger partial charge in [0, 0.05) is 11.6 Å². The van der Waals surface area contributed by atoms with E-state index in [1.165, 1.54) is 16.5 Å². The van der Waals surface area contributed by atoms with Crippen molar-refractivity contribution < 1.29 is 0 Å². The largest absolute Gasteiger partial charge is 0.307 e. The minimum atomic E-state index is 0.235. The van der Waals surface area contributed by atoms with Gasteiger partial charge in [0.05, 0.1) is 11.6 Å². The summed E-state index contributed by atoms with van der Waals surface area (Å²) in [6.07, 6.45) is 4.12. The second-order valence-corrected chi connectivity index (χ2v) is 4.70. The third kappa shape index (κ3) is 2.77. The summed E-state index contributed by atoms with van der Waals surface area (Å²) in [5.74, 6) is 0. The molecule has 2 heteroatoms. The second-order valence-electron chi connectivity index (χ2n) is 4.70. The standard InChI is InChI=1S/C16H20N2/c1-4-17-15(11-12(2)3)14-9-5-7-13-8-6-10-18-16(13)14/h5-11,15,17H,4H2,1-3H3. The number of hydrogen-bond donors (Lipinski definition) is 1. The van der Waals surface area contributed by atoms with E-state index >= 15 is 0 Å². The molecule has 1 unspecified atom stereocenters. The van der Waals surface area contributed by atoms with Gasteiger partial charge in [0.25, 0.3) is 0 Å². The summed E-state index contributed by atoms with van der Waals surface area (Å²) < 4.78 is 0. The Hall–Kier alpha value is -1.67. The molecule has 0 radical (unpaired) electrons. The maximum atomic E-state index is 4.52. The number of likely N-dealkylation sites (N-methyl/N-ethyl adjacent to an activating group) is 1. The van der Waals surface area contributed by atoms with Crippen LogP contribution in [0, 0.1) is 0 Å². The topological polar surface area (TPSA) is 24.9 Å². The number of benzene rings is 1. The molecule has 1 aromatic carbocycles. The summed E-state index contributed by atoms with van der Waals surface area (Å²) in [5, 5.41) is 4.70. The van der Waals surface area contributed by atoms with Crippen molar-refractivity contribution in [3.8, 4) is 0 Å². The van der Waals surface area contributed by atoms with Gasteiger partial charge in [-0.15, -0.1) is 0 Å². The van der Waals surface area contributed by atoms with Crippen molar-refractivity contribution in [1.29, 1.82) is 0 Å². The van der Waals surface area contributed by atoms with Crippen LogP contribution in [0.3, 0.4) is 0 Å². The molecule has 0 saturated heterocycles. The molecule has 0 aliphatic heterocycles. The fraction of sp³-hybridized carbons (Fsp3) is 0.312. The van der Waals surface area contributed by atoms with E-state index in [0.717, 1.165) is 12.1 Å². The molecule has 2 rings (SSSR count). The molecule has 2 nitrogen and oxygen atoms in total. The summed E-state index contributed by atoms with van der Waals surface area (Å²) in [6.45, 7) is 7.33. The summed E-state index contributed by atoms with van der Waals surface area (Å²) in [7, 11) is 0. The number of allylic oxidation sites excluding steroid dienone is 1. The molecule has 1 N–H and O–H groups in total. The first-order chi connectivity index (χ1) is 8.72. The van der Waals surface area contributed by atoms with Crippen molar-refractivity contribution in [3.63, 3.8) is 0 Å². The van der Waals surface area contributed by atoms with E-state index in [-0.39, 0.29) is 6.04 Å². The van der Waals surface area contributed by atoms with E-state index in [2.05, 4.69) is 61.4 Å². The van der Waals surface area contributed by atoms with Crippen LogP contribution in [0.2, 0.25) is 0 Å². The molecule has 0 amide bonds. The Morgan fingerprint density at radius 2 is 2.06 bits per heavy atom. The quantitative estimate of drug-likeness (QED) is 0.821. The summed E-state index contributed by atoms with van der Waals surface area (Å²) >= 11 is 0. The molecule has 0 saturated carbocycles. The van der Waals surface area contributed by atoms with E-state index < -0.39 is 0 Å². The SMILES string of the molecule is CCNC(C=C(C)C)c1cccc2cccnc12. The smallest absolute Gasteiger partial charge is 0.0752 e. The Labute approximate surface area is 109 Å². The highest BCUT2D eigenvalue weighted by Crippen LogP contribution is 2.24. The Balaban J connectivity index is 2.53. The van der Waals surface area contributed by atoms with Gasteiger partial charge in [0.15, 0.2) is 0 Å². The van der Waals surface area contributed by atoms with Gasteiger partial charge < -0.3 is 5.32 Å². The van der Waals surface area contributed by atoms with Crippen LogP contribution in [-0.2, 0) is 0 Å². The second kappa shape index (κ2) is 5.78. The van der Waals surface area contributed by atoms with Gasteiger partial charge in [0.2, 0.25) is 0 Å². The number of nitrogens with zero attached hydrogens (tertiary/aromatic N) is 1. The Morgan fingerprint density at radius 3 is 2.78 bits per heavy atom. The summed E-state index contributed by atoms with van der Waals surface area (Å²) in [6, 6.07) is 10.7. The molecule has 1 heterocycles. The van der Waals surface area contributed by atoms with E-state index in [0.29, 0.717) is 0 Å². The predicted octanol–water partition coefficient (Wildman–Crippen LogP) is 3.85. The predicted molar refractivity (Wildman–Crippen MR) is 77.6 cm³/mol. The Morgan fingerprint density at radius 1 is 1.28 bits per heavy atom. The van der Waals surface area contributed by atoms with E-state index in [1.807, 2.05) is 12.3 Å². The first-order valence-electron chi connectivity index (χ1n) is 6.44. The van der Waals surface area contributed by atoms with Crippen LogP contribution < -0.4 is 5.32 Å². The monoisotopic (exact) mass is 240 g/mol. The van der Waals surface area contributed by atoms with Crippen LogP contribution in [0.1, 0.15) is 32.4 Å². The molecule has 1 atom stereocenters. The molecule has 94 valence electrons. The average molecular weight is 240 g/mol. The number of pyridine rings is 1. The molecule has 0 aliphatic rings. The van der Waals surface area contributed by atoms with Gasteiger partial charge in [-0.3, -0.25) is 4.98 Å². The van der Waals surface area contributed by atoms with Crippen molar-refractivity contribution in [2.75, 3.05) is 6.54 Å². The number of hydrogen-bond acceptors (Lipinski definition) is 2. The normalized spacial score (nSPS) is 12.4. The maximum absolute atomic E-state index is 4.52. The number of nitrogens with one attached hydrogen (secondary N) is 1. The molecular formula is C16H20N2. The molecular weight excluding hydrogens is 220 g/mol. The minimum absolute atomic E-state index is 0.235. The van der Waals surface area contributed by atoms with Crippen LogP contribution in [0.25, 0.3) is 10.9 Å². The van der Waals surface area contributed by atoms with Crippen molar-refractivity contribution in [1.82, 2.24) is 10.3 Å². The third-order valence-electron chi connectivity index (χ3n) is 2.92. The van der Waals surface area contributed by atoms with Crippen LogP contribution in [0.5, 0.6) is 0 Å². The minimum Gasteiger partial charge on any atom is -0.307 e. The zero-order valence-electron chi connectivity index (χ0n) is 11.3. The average Bonchev–Trinajstić information content (AvgIpc) is 2.37. The van der Waals surface area contributed by atoms with Crippen LogP contribution >= 0.6 is 0 Å². The Kier molecular flexibility index (Phi) is 4.11. The van der Waals surface area contributed by atoms with Crippen LogP contribution in [0.4, 0.5) is 0 Å². The number of para-hydroxylation sites is 1. The number of fused-ring (bicyclic) bond motifs is 1. The summed E-state index contributed by atoms with van der Waals surface area (Å²) in [5.41, 5.74) is 3.65. The van der Waals surface area contributed by atoms with Gasteiger partial charge >= 0.3 is 0 Å². The fourth-order valence-corrected chi connectivity index (χ4v) is 2.19. The lowest BCUT2D eigenvalue weighted by molar-refractivity contribution is 0.647. The summed E-state index contributed by atoms with van der Waals surface area (Å²) in [4.78, 5) is 4.52. The first kappa shape index (κ1) is 12.8. The highest BCUT2D eigenvalue weighted by Gasteiger charge is 2.11. The van der Waals surface area contributed by atoms with Gasteiger partial charge in [-0.25, -0.2) is 0 Å². The first-order valence-corrected chi connectivity index (χ1v) is 6.44. The third-order valence-corrected chi connectivity index (χ3v) is 2.92. The highest BCUT2D eigenvalue weighted by atomic mass is 14.9. The zero-order valence-corrected chi connectivity index (χ0v) is 11.3. The van der Waals surface area contributed by atoms with Crippen molar-refractivity contribution >= 4 is 10.9 Å². The van der Waals surface area contributed by atoms with Crippen LogP contribution in [-0.4, -0.2) is 11.5 Å². The number of aromatic nitrogens is 1. The zero-order chi connectivity index (χ0) is 13.0. The molecule has 0 spiro atoms. The molecule has 0 fully saturated rings. The van der Waals surface area contributed by atoms with Crippen LogP contribution in [0.15, 0.2) is 48.2 Å². The maximum Gasteiger partial charge on any atom is 0.0752 e.